The topological polar surface area (TPSA) is 92.3 Å². The minimum atomic E-state index is -4.62. The van der Waals surface area contributed by atoms with Crippen molar-refractivity contribution in [1.29, 1.82) is 0 Å². The first-order chi connectivity index (χ1) is 14.4. The van der Waals surface area contributed by atoms with Crippen molar-refractivity contribution in [1.82, 2.24) is 0 Å². The number of rotatable bonds is 6. The highest BCUT2D eigenvalue weighted by Gasteiger charge is 2.30. The second kappa shape index (κ2) is 8.40. The summed E-state index contributed by atoms with van der Waals surface area (Å²) in [5.74, 6) is 0. The zero-order valence-electron chi connectivity index (χ0n) is 15.4. The minimum absolute atomic E-state index is 0.0418. The maximum absolute atomic E-state index is 12.8. The molecule has 0 spiro atoms. The summed E-state index contributed by atoms with van der Waals surface area (Å²) in [4.78, 5) is -0.306. The van der Waals surface area contributed by atoms with Gasteiger partial charge in [0.25, 0.3) is 20.0 Å². The smallest absolute Gasteiger partial charge is 0.280 e. The lowest BCUT2D eigenvalue weighted by molar-refractivity contribution is -0.137. The summed E-state index contributed by atoms with van der Waals surface area (Å²) in [6.07, 6.45) is -4.62. The Labute approximate surface area is 181 Å². The fourth-order valence-corrected chi connectivity index (χ4v) is 4.74. The number of halogens is 4. The molecular formula is C19H14ClF3N2O4S2. The van der Waals surface area contributed by atoms with Crippen LogP contribution in [0.25, 0.3) is 0 Å². The zero-order valence-corrected chi connectivity index (χ0v) is 17.8. The van der Waals surface area contributed by atoms with E-state index in [0.29, 0.717) is 11.1 Å². The number of anilines is 2. The summed E-state index contributed by atoms with van der Waals surface area (Å²) >= 11 is 5.74. The van der Waals surface area contributed by atoms with Gasteiger partial charge in [-0.2, -0.15) is 13.2 Å². The van der Waals surface area contributed by atoms with E-state index in [1.165, 1.54) is 42.5 Å². The van der Waals surface area contributed by atoms with Crippen molar-refractivity contribution >= 4 is 43.0 Å². The number of sulfonamides is 2. The highest BCUT2D eigenvalue weighted by atomic mass is 35.5. The van der Waals surface area contributed by atoms with Crippen LogP contribution in [0, 0.1) is 0 Å². The number of hydrogen-bond donors (Lipinski definition) is 2. The van der Waals surface area contributed by atoms with Gasteiger partial charge in [-0.25, -0.2) is 16.8 Å². The van der Waals surface area contributed by atoms with Gasteiger partial charge < -0.3 is 0 Å². The molecule has 0 aliphatic carbocycles. The van der Waals surface area contributed by atoms with E-state index in [1.54, 1.807) is 0 Å². The first-order valence-electron chi connectivity index (χ1n) is 8.45. The zero-order chi connectivity index (χ0) is 22.9. The molecular weight excluding hydrogens is 477 g/mol. The standard InChI is InChI=1S/C19H14ClF3N2O4S2/c20-14-4-8-17(9-5-14)30(26,27)24-15-6-10-18(11-7-15)31(28,29)25-16-3-1-2-13(12-16)19(21,22)23/h1-12,24-25H. The van der Waals surface area contributed by atoms with Crippen LogP contribution >= 0.6 is 11.6 Å². The van der Waals surface area contributed by atoms with Crippen LogP contribution in [0.1, 0.15) is 5.56 Å². The largest absolute Gasteiger partial charge is 0.416 e. The van der Waals surface area contributed by atoms with E-state index in [9.17, 15) is 30.0 Å². The Morgan fingerprint density at radius 3 is 1.68 bits per heavy atom. The van der Waals surface area contributed by atoms with Gasteiger partial charge in [0.15, 0.2) is 0 Å². The van der Waals surface area contributed by atoms with E-state index in [4.69, 9.17) is 11.6 Å². The van der Waals surface area contributed by atoms with E-state index >= 15 is 0 Å². The van der Waals surface area contributed by atoms with Crippen LogP contribution < -0.4 is 9.44 Å². The molecule has 164 valence electrons. The first-order valence-corrected chi connectivity index (χ1v) is 11.8. The molecule has 0 heterocycles. The Bertz CT molecular complexity index is 1290. The minimum Gasteiger partial charge on any atom is -0.280 e. The Morgan fingerprint density at radius 1 is 0.677 bits per heavy atom. The van der Waals surface area contributed by atoms with E-state index in [0.717, 1.165) is 24.3 Å². The summed E-state index contributed by atoms with van der Waals surface area (Å²) in [5.41, 5.74) is -1.17. The molecule has 0 saturated carbocycles. The third-order valence-electron chi connectivity index (χ3n) is 3.98. The molecule has 0 radical (unpaired) electrons. The van der Waals surface area contributed by atoms with E-state index < -0.39 is 31.8 Å². The third kappa shape index (κ3) is 5.69. The maximum atomic E-state index is 12.8. The third-order valence-corrected chi connectivity index (χ3v) is 7.03. The average molecular weight is 491 g/mol. The molecule has 0 fully saturated rings. The van der Waals surface area contributed by atoms with Gasteiger partial charge in [0, 0.05) is 16.4 Å². The molecule has 12 heteroatoms. The summed E-state index contributed by atoms with van der Waals surface area (Å²) in [6, 6.07) is 13.9. The lowest BCUT2D eigenvalue weighted by Crippen LogP contribution is -2.15. The Hall–Kier alpha value is -2.76. The quantitative estimate of drug-likeness (QED) is 0.511. The molecule has 0 aliphatic heterocycles. The molecule has 0 bridgehead atoms. The van der Waals surface area contributed by atoms with Gasteiger partial charge in [-0.15, -0.1) is 0 Å². The van der Waals surface area contributed by atoms with Crippen LogP contribution in [0.15, 0.2) is 82.6 Å². The van der Waals surface area contributed by atoms with Crippen molar-refractivity contribution in [3.63, 3.8) is 0 Å². The fraction of sp³-hybridized carbons (Fsp3) is 0.0526. The number of nitrogens with one attached hydrogen (secondary N) is 2. The SMILES string of the molecule is O=S(=O)(Nc1ccc(S(=O)(=O)Nc2cccc(C(F)(F)F)c2)cc1)c1ccc(Cl)cc1. The highest BCUT2D eigenvalue weighted by Crippen LogP contribution is 2.31. The van der Waals surface area contributed by atoms with E-state index in [-0.39, 0.29) is 21.2 Å². The van der Waals surface area contributed by atoms with Crippen molar-refractivity contribution in [3.05, 3.63) is 83.4 Å². The molecule has 0 aliphatic rings. The lowest BCUT2D eigenvalue weighted by atomic mass is 10.2. The van der Waals surface area contributed by atoms with Gasteiger partial charge in [-0.05, 0) is 66.7 Å². The maximum Gasteiger partial charge on any atom is 0.416 e. The molecule has 0 amide bonds. The lowest BCUT2D eigenvalue weighted by Gasteiger charge is -2.12. The number of benzene rings is 3. The normalized spacial score (nSPS) is 12.4. The molecule has 0 atom stereocenters. The molecule has 0 saturated heterocycles. The van der Waals surface area contributed by atoms with Crippen LogP contribution in [0.3, 0.4) is 0 Å². The summed E-state index contributed by atoms with van der Waals surface area (Å²) in [5, 5.41) is 0.363. The van der Waals surface area contributed by atoms with Crippen molar-refractivity contribution in [2.24, 2.45) is 0 Å². The highest BCUT2D eigenvalue weighted by molar-refractivity contribution is 7.93. The van der Waals surface area contributed by atoms with Crippen molar-refractivity contribution in [3.8, 4) is 0 Å². The molecule has 3 aromatic carbocycles. The fourth-order valence-electron chi connectivity index (χ4n) is 2.50. The van der Waals surface area contributed by atoms with Gasteiger partial charge in [0.05, 0.1) is 15.4 Å². The predicted octanol–water partition coefficient (Wildman–Crippen LogP) is 4.96. The van der Waals surface area contributed by atoms with E-state index in [1.807, 2.05) is 0 Å². The molecule has 2 N–H and O–H groups in total. The Kier molecular flexibility index (Phi) is 6.21. The van der Waals surface area contributed by atoms with E-state index in [2.05, 4.69) is 9.44 Å². The van der Waals surface area contributed by atoms with Gasteiger partial charge in [0.2, 0.25) is 0 Å². The van der Waals surface area contributed by atoms with Gasteiger partial charge in [-0.3, -0.25) is 9.44 Å². The van der Waals surface area contributed by atoms with Crippen LogP contribution in [-0.4, -0.2) is 16.8 Å². The predicted molar refractivity (Wildman–Crippen MR) is 111 cm³/mol. The Balaban J connectivity index is 1.78. The number of alkyl halides is 3. The Morgan fingerprint density at radius 2 is 1.16 bits per heavy atom. The monoisotopic (exact) mass is 490 g/mol. The summed E-state index contributed by atoms with van der Waals surface area (Å²) in [6.45, 7) is 0. The average Bonchev–Trinajstić information content (AvgIpc) is 2.67. The molecule has 3 aromatic rings. The molecule has 6 nitrogen and oxygen atoms in total. The van der Waals surface area contributed by atoms with Crippen molar-refractivity contribution in [2.75, 3.05) is 9.44 Å². The molecule has 0 unspecified atom stereocenters. The molecule has 0 aromatic heterocycles. The molecule has 3 rings (SSSR count). The first kappa shape index (κ1) is 22.9. The van der Waals surface area contributed by atoms with Crippen LogP contribution in [-0.2, 0) is 26.2 Å². The van der Waals surface area contributed by atoms with Crippen LogP contribution in [0.4, 0.5) is 24.5 Å². The summed E-state index contributed by atoms with van der Waals surface area (Å²) < 4.78 is 92.5. The van der Waals surface area contributed by atoms with Gasteiger partial charge in [0.1, 0.15) is 0 Å². The second-order valence-electron chi connectivity index (χ2n) is 6.27. The van der Waals surface area contributed by atoms with Gasteiger partial charge in [-0.1, -0.05) is 17.7 Å². The second-order valence-corrected chi connectivity index (χ2v) is 10.1. The molecule has 31 heavy (non-hydrogen) atoms. The number of hydrogen-bond acceptors (Lipinski definition) is 4. The van der Waals surface area contributed by atoms with Gasteiger partial charge >= 0.3 is 6.18 Å². The van der Waals surface area contributed by atoms with Crippen molar-refractivity contribution < 1.29 is 30.0 Å². The summed E-state index contributed by atoms with van der Waals surface area (Å²) in [7, 11) is -8.13. The van der Waals surface area contributed by atoms with Crippen molar-refractivity contribution in [2.45, 2.75) is 16.0 Å². The van der Waals surface area contributed by atoms with Crippen LogP contribution in [0.5, 0.6) is 0 Å². The van der Waals surface area contributed by atoms with Crippen LogP contribution in [0.2, 0.25) is 5.02 Å².